The van der Waals surface area contributed by atoms with E-state index < -0.39 is 4.92 Å². The Kier molecular flexibility index (Phi) is 6.20. The number of nitro groups is 1. The number of piperazine rings is 1. The Labute approximate surface area is 163 Å². The zero-order chi connectivity index (χ0) is 20.1. The van der Waals surface area contributed by atoms with Gasteiger partial charge in [0.05, 0.1) is 31.1 Å². The number of likely N-dealkylation sites (N-methyl/N-ethyl adjacent to an activating group) is 1. The van der Waals surface area contributed by atoms with E-state index in [9.17, 15) is 19.3 Å². The zero-order valence-corrected chi connectivity index (χ0v) is 15.8. The Balaban J connectivity index is 1.47. The van der Waals surface area contributed by atoms with Crippen LogP contribution < -0.4 is 9.80 Å². The predicted molar refractivity (Wildman–Crippen MR) is 104 cm³/mol. The molecule has 0 aromatic heterocycles. The first-order valence-electron chi connectivity index (χ1n) is 9.24. The third-order valence-corrected chi connectivity index (χ3v) is 5.06. The number of hydrogen-bond acceptors (Lipinski definition) is 4. The molecule has 7 nitrogen and oxygen atoms in total. The van der Waals surface area contributed by atoms with Crippen LogP contribution in [0.2, 0.25) is 0 Å². The topological polar surface area (TPSA) is 71.1 Å². The summed E-state index contributed by atoms with van der Waals surface area (Å²) in [5, 5.41) is 10.8. The van der Waals surface area contributed by atoms with Crippen molar-refractivity contribution in [2.75, 3.05) is 44.7 Å². The molecule has 0 aliphatic carbocycles. The average Bonchev–Trinajstić information content (AvgIpc) is 2.70. The van der Waals surface area contributed by atoms with Gasteiger partial charge in [0, 0.05) is 31.4 Å². The number of rotatable bonds is 6. The maximum absolute atomic E-state index is 13.0. The molecule has 0 unspecified atom stereocenters. The molecule has 0 radical (unpaired) electrons. The van der Waals surface area contributed by atoms with Gasteiger partial charge in [-0.15, -0.1) is 0 Å². The second-order valence-electron chi connectivity index (χ2n) is 7.06. The maximum Gasteiger partial charge on any atom is 0.277 e. The normalized spacial score (nSPS) is 14.7. The molecule has 1 N–H and O–H groups in total. The van der Waals surface area contributed by atoms with Gasteiger partial charge in [-0.3, -0.25) is 14.9 Å². The van der Waals surface area contributed by atoms with Crippen LogP contribution in [-0.2, 0) is 11.3 Å². The summed E-state index contributed by atoms with van der Waals surface area (Å²) in [6.07, 6.45) is 0. The Morgan fingerprint density at radius 1 is 1.14 bits per heavy atom. The summed E-state index contributed by atoms with van der Waals surface area (Å²) in [5.74, 6) is -0.226. The molecule has 1 aliphatic rings. The first-order chi connectivity index (χ1) is 13.4. The van der Waals surface area contributed by atoms with E-state index in [0.29, 0.717) is 13.1 Å². The van der Waals surface area contributed by atoms with Gasteiger partial charge >= 0.3 is 0 Å². The Morgan fingerprint density at radius 3 is 2.32 bits per heavy atom. The lowest BCUT2D eigenvalue weighted by Gasteiger charge is -2.34. The fourth-order valence-electron chi connectivity index (χ4n) is 3.34. The van der Waals surface area contributed by atoms with Crippen molar-refractivity contribution in [3.8, 4) is 0 Å². The van der Waals surface area contributed by atoms with Crippen LogP contribution in [0.4, 0.5) is 15.8 Å². The molecule has 0 saturated carbocycles. The van der Waals surface area contributed by atoms with E-state index in [2.05, 4.69) is 4.90 Å². The number of quaternary nitrogens is 1. The molecule has 3 rings (SSSR count). The van der Waals surface area contributed by atoms with Gasteiger partial charge in [0.2, 0.25) is 0 Å². The molecule has 2 aromatic rings. The van der Waals surface area contributed by atoms with Crippen molar-refractivity contribution in [2.45, 2.75) is 6.54 Å². The lowest BCUT2D eigenvalue weighted by atomic mass is 10.2. The molecule has 1 heterocycles. The summed E-state index contributed by atoms with van der Waals surface area (Å²) in [5.41, 5.74) is 1.95. The minimum absolute atomic E-state index is 0.0584. The SMILES string of the molecule is CN(Cc1ccc(F)cc1)C(=O)C[NH+]1CCN(c2ccc([N+](=O)[O-])cc2)CC1. The number of nitrogens with one attached hydrogen (secondary N) is 1. The van der Waals surface area contributed by atoms with E-state index in [-0.39, 0.29) is 17.4 Å². The molecular formula is C20H24FN4O3+. The maximum atomic E-state index is 13.0. The average molecular weight is 387 g/mol. The predicted octanol–water partition coefficient (Wildman–Crippen LogP) is 1.10. The molecule has 1 fully saturated rings. The van der Waals surface area contributed by atoms with Gasteiger partial charge in [-0.05, 0) is 29.8 Å². The van der Waals surface area contributed by atoms with E-state index >= 15 is 0 Å². The quantitative estimate of drug-likeness (QED) is 0.595. The summed E-state index contributed by atoms with van der Waals surface area (Å²) in [7, 11) is 1.76. The summed E-state index contributed by atoms with van der Waals surface area (Å²) in [6, 6.07) is 12.7. The molecule has 1 saturated heterocycles. The van der Waals surface area contributed by atoms with Crippen molar-refractivity contribution >= 4 is 17.3 Å². The third kappa shape index (κ3) is 5.04. The van der Waals surface area contributed by atoms with Gasteiger partial charge in [0.15, 0.2) is 6.54 Å². The van der Waals surface area contributed by atoms with Crippen LogP contribution in [0.1, 0.15) is 5.56 Å². The van der Waals surface area contributed by atoms with E-state index in [4.69, 9.17) is 0 Å². The number of halogens is 1. The minimum Gasteiger partial charge on any atom is -0.360 e. The highest BCUT2D eigenvalue weighted by Crippen LogP contribution is 2.19. The first kappa shape index (κ1) is 19.8. The molecule has 148 valence electrons. The van der Waals surface area contributed by atoms with Crippen molar-refractivity contribution in [1.82, 2.24) is 4.90 Å². The Hall–Kier alpha value is -3.00. The van der Waals surface area contributed by atoms with Crippen LogP contribution in [0.5, 0.6) is 0 Å². The van der Waals surface area contributed by atoms with Crippen molar-refractivity contribution in [3.63, 3.8) is 0 Å². The van der Waals surface area contributed by atoms with E-state index in [1.807, 2.05) is 0 Å². The van der Waals surface area contributed by atoms with Gasteiger partial charge < -0.3 is 14.7 Å². The number of carbonyl (C=O) groups excluding carboxylic acids is 1. The van der Waals surface area contributed by atoms with Gasteiger partial charge in [-0.2, -0.15) is 0 Å². The van der Waals surface area contributed by atoms with Gasteiger partial charge in [-0.1, -0.05) is 12.1 Å². The number of benzene rings is 2. The Bertz CT molecular complexity index is 818. The highest BCUT2D eigenvalue weighted by atomic mass is 19.1. The fraction of sp³-hybridized carbons (Fsp3) is 0.350. The van der Waals surface area contributed by atoms with Crippen LogP contribution >= 0.6 is 0 Å². The first-order valence-corrected chi connectivity index (χ1v) is 9.24. The number of nitro benzene ring substituents is 1. The van der Waals surface area contributed by atoms with Gasteiger partial charge in [0.25, 0.3) is 11.6 Å². The number of non-ortho nitro benzene ring substituents is 1. The third-order valence-electron chi connectivity index (χ3n) is 5.06. The smallest absolute Gasteiger partial charge is 0.277 e. The standard InChI is InChI=1S/C20H23FN4O3/c1-22(14-16-2-4-17(21)5-3-16)20(26)15-23-10-12-24(13-11-23)18-6-8-19(9-7-18)25(27)28/h2-9H,10-15H2,1H3/p+1. The monoisotopic (exact) mass is 387 g/mol. The van der Waals surface area contributed by atoms with Crippen molar-refractivity contribution < 1.29 is 19.0 Å². The summed E-state index contributed by atoms with van der Waals surface area (Å²) >= 11 is 0. The summed E-state index contributed by atoms with van der Waals surface area (Å²) in [4.78, 5) is 27.9. The molecule has 1 aliphatic heterocycles. The fourth-order valence-corrected chi connectivity index (χ4v) is 3.34. The van der Waals surface area contributed by atoms with Crippen LogP contribution in [0.25, 0.3) is 0 Å². The number of amides is 1. The van der Waals surface area contributed by atoms with Gasteiger partial charge in [-0.25, -0.2) is 4.39 Å². The van der Waals surface area contributed by atoms with Crippen LogP contribution in [0.15, 0.2) is 48.5 Å². The van der Waals surface area contributed by atoms with E-state index in [1.54, 1.807) is 36.2 Å². The zero-order valence-electron chi connectivity index (χ0n) is 15.8. The van der Waals surface area contributed by atoms with Gasteiger partial charge in [0.1, 0.15) is 5.82 Å². The number of nitrogens with zero attached hydrogens (tertiary/aromatic N) is 3. The highest BCUT2D eigenvalue weighted by molar-refractivity contribution is 5.76. The van der Waals surface area contributed by atoms with E-state index in [0.717, 1.165) is 37.4 Å². The summed E-state index contributed by atoms with van der Waals surface area (Å²) in [6.45, 7) is 4.12. The highest BCUT2D eigenvalue weighted by Gasteiger charge is 2.24. The summed E-state index contributed by atoms with van der Waals surface area (Å²) < 4.78 is 13.0. The second-order valence-corrected chi connectivity index (χ2v) is 7.06. The van der Waals surface area contributed by atoms with Crippen molar-refractivity contribution in [3.05, 3.63) is 70.0 Å². The number of carbonyl (C=O) groups is 1. The van der Waals surface area contributed by atoms with Crippen molar-refractivity contribution in [2.24, 2.45) is 0 Å². The van der Waals surface area contributed by atoms with E-state index in [1.165, 1.54) is 29.2 Å². The van der Waals surface area contributed by atoms with Crippen molar-refractivity contribution in [1.29, 1.82) is 0 Å². The lowest BCUT2D eigenvalue weighted by molar-refractivity contribution is -0.892. The number of hydrogen-bond donors (Lipinski definition) is 1. The molecule has 0 spiro atoms. The minimum atomic E-state index is -0.403. The molecule has 28 heavy (non-hydrogen) atoms. The molecule has 1 amide bonds. The Morgan fingerprint density at radius 2 is 1.75 bits per heavy atom. The molecule has 8 heteroatoms. The molecule has 2 aromatic carbocycles. The molecular weight excluding hydrogens is 363 g/mol. The second kappa shape index (κ2) is 8.79. The largest absolute Gasteiger partial charge is 0.360 e. The number of anilines is 1. The lowest BCUT2D eigenvalue weighted by Crippen LogP contribution is -3.15. The molecule has 0 bridgehead atoms. The van der Waals surface area contributed by atoms with Crippen LogP contribution in [-0.4, -0.2) is 55.5 Å². The van der Waals surface area contributed by atoms with Crippen LogP contribution in [0, 0.1) is 15.9 Å². The molecule has 0 atom stereocenters. The van der Waals surface area contributed by atoms with Crippen LogP contribution in [0.3, 0.4) is 0 Å².